The van der Waals surface area contributed by atoms with E-state index < -0.39 is 0 Å². The summed E-state index contributed by atoms with van der Waals surface area (Å²) in [5.74, 6) is 2.74. The van der Waals surface area contributed by atoms with E-state index in [0.29, 0.717) is 0 Å². The van der Waals surface area contributed by atoms with Crippen LogP contribution in [0, 0.1) is 20.8 Å². The zero-order chi connectivity index (χ0) is 23.0. The largest absolute Gasteiger partial charge is 0.496 e. The van der Waals surface area contributed by atoms with Crippen LogP contribution in [0.3, 0.4) is 0 Å². The second kappa shape index (κ2) is 9.06. The lowest BCUT2D eigenvalue weighted by atomic mass is 9.96. The van der Waals surface area contributed by atoms with Crippen molar-refractivity contribution in [1.82, 2.24) is 19.8 Å². The smallest absolute Gasteiger partial charge is 0.220 e. The fraction of sp³-hybridized carbons (Fsp3) is 0.560. The monoisotopic (exact) mass is 437 g/mol. The molecular formula is C25H35N5O2. The number of aryl methyl sites for hydroxylation is 1. The van der Waals surface area contributed by atoms with Gasteiger partial charge in [0, 0.05) is 45.7 Å². The van der Waals surface area contributed by atoms with E-state index in [1.165, 1.54) is 27.8 Å². The number of benzene rings is 1. The number of methoxy groups -OCH3 is 1. The lowest BCUT2D eigenvalue weighted by Crippen LogP contribution is -2.34. The minimum atomic E-state index is -0.0194. The summed E-state index contributed by atoms with van der Waals surface area (Å²) in [5.41, 5.74) is 7.43. The van der Waals surface area contributed by atoms with E-state index in [1.54, 1.807) is 14.0 Å². The van der Waals surface area contributed by atoms with Gasteiger partial charge in [-0.25, -0.2) is 9.97 Å². The fourth-order valence-electron chi connectivity index (χ4n) is 5.18. The Balaban J connectivity index is 1.62. The molecule has 32 heavy (non-hydrogen) atoms. The number of carbonyl (C=O) groups is 1. The van der Waals surface area contributed by atoms with E-state index in [-0.39, 0.29) is 11.9 Å². The number of nitrogens with zero attached hydrogens (tertiary/aromatic N) is 4. The third-order valence-electron chi connectivity index (χ3n) is 7.16. The molecule has 7 heteroatoms. The van der Waals surface area contributed by atoms with Gasteiger partial charge in [-0.2, -0.15) is 0 Å². The maximum Gasteiger partial charge on any atom is 0.220 e. The highest BCUT2D eigenvalue weighted by Crippen LogP contribution is 2.34. The number of fused-ring (bicyclic) bond motifs is 1. The molecule has 2 aliphatic heterocycles. The van der Waals surface area contributed by atoms with E-state index in [9.17, 15) is 4.79 Å². The molecule has 1 unspecified atom stereocenters. The van der Waals surface area contributed by atoms with Crippen LogP contribution >= 0.6 is 0 Å². The molecule has 1 fully saturated rings. The van der Waals surface area contributed by atoms with E-state index in [4.69, 9.17) is 14.7 Å². The third-order valence-corrected chi connectivity index (χ3v) is 7.16. The molecule has 1 amide bonds. The number of hydrogen-bond acceptors (Lipinski definition) is 6. The summed E-state index contributed by atoms with van der Waals surface area (Å²) in [5, 5.41) is 3.28. The first kappa shape index (κ1) is 22.5. The second-order valence-corrected chi connectivity index (χ2v) is 9.06. The molecule has 1 atom stereocenters. The summed E-state index contributed by atoms with van der Waals surface area (Å²) >= 11 is 0. The number of aromatic nitrogens is 2. The average Bonchev–Trinajstić information content (AvgIpc) is 3.28. The van der Waals surface area contributed by atoms with Crippen molar-refractivity contribution >= 4 is 11.7 Å². The Bertz CT molecular complexity index is 1040. The summed E-state index contributed by atoms with van der Waals surface area (Å²) in [4.78, 5) is 26.3. The van der Waals surface area contributed by atoms with Crippen molar-refractivity contribution in [3.63, 3.8) is 0 Å². The average molecular weight is 438 g/mol. The molecule has 3 heterocycles. The molecule has 0 bridgehead atoms. The summed E-state index contributed by atoms with van der Waals surface area (Å²) in [6.45, 7) is 11.6. The molecule has 172 valence electrons. The number of anilines is 1. The lowest BCUT2D eigenvalue weighted by Gasteiger charge is -2.31. The minimum Gasteiger partial charge on any atom is -0.496 e. The summed E-state index contributed by atoms with van der Waals surface area (Å²) in [6.07, 6.45) is 2.84. The van der Waals surface area contributed by atoms with Crippen molar-refractivity contribution in [2.75, 3.05) is 32.6 Å². The van der Waals surface area contributed by atoms with Gasteiger partial charge in [-0.1, -0.05) is 0 Å². The standard InChI is InChI=1S/C25H35N5O2/c1-15-12-23(32-6)17(3)16(2)20(15)13-29-11-9-19-21(14-29)27-25(28-24(19)26-5)22-8-7-10-30(22)18(4)31/h12,22H,7-11,13-14H2,1-6H3,(H,26,27,28). The fourth-order valence-corrected chi connectivity index (χ4v) is 5.18. The van der Waals surface area contributed by atoms with Crippen molar-refractivity contribution in [2.24, 2.45) is 0 Å². The molecule has 2 aromatic rings. The second-order valence-electron chi connectivity index (χ2n) is 9.06. The number of rotatable bonds is 5. The number of nitrogens with one attached hydrogen (secondary N) is 1. The molecular weight excluding hydrogens is 402 g/mol. The zero-order valence-electron chi connectivity index (χ0n) is 20.2. The molecule has 0 saturated carbocycles. The van der Waals surface area contributed by atoms with Gasteiger partial charge in [0.1, 0.15) is 11.6 Å². The van der Waals surface area contributed by atoms with E-state index in [1.807, 2.05) is 11.9 Å². The van der Waals surface area contributed by atoms with E-state index in [0.717, 1.165) is 68.5 Å². The van der Waals surface area contributed by atoms with E-state index in [2.05, 4.69) is 37.1 Å². The van der Waals surface area contributed by atoms with Crippen molar-refractivity contribution in [3.8, 4) is 5.75 Å². The first-order valence-electron chi connectivity index (χ1n) is 11.5. The molecule has 0 spiro atoms. The van der Waals surface area contributed by atoms with Gasteiger partial charge in [-0.05, 0) is 68.4 Å². The number of carbonyl (C=O) groups excluding carboxylic acids is 1. The van der Waals surface area contributed by atoms with Crippen LogP contribution in [0.2, 0.25) is 0 Å². The lowest BCUT2D eigenvalue weighted by molar-refractivity contribution is -0.129. The van der Waals surface area contributed by atoms with Crippen LogP contribution in [0.1, 0.15) is 65.1 Å². The van der Waals surface area contributed by atoms with Crippen LogP contribution < -0.4 is 10.1 Å². The van der Waals surface area contributed by atoms with Gasteiger partial charge in [0.05, 0.1) is 18.8 Å². The van der Waals surface area contributed by atoms with Gasteiger partial charge in [0.2, 0.25) is 5.91 Å². The van der Waals surface area contributed by atoms with Crippen LogP contribution in [0.5, 0.6) is 5.75 Å². The SMILES string of the molecule is CNc1nc(C2CCCN2C(C)=O)nc2c1CCN(Cc1c(C)cc(OC)c(C)c1C)C2. The van der Waals surface area contributed by atoms with Gasteiger partial charge in [-0.3, -0.25) is 9.69 Å². The first-order chi connectivity index (χ1) is 15.3. The molecule has 7 nitrogen and oxygen atoms in total. The number of hydrogen-bond donors (Lipinski definition) is 1. The molecule has 4 rings (SSSR count). The molecule has 0 radical (unpaired) electrons. The van der Waals surface area contributed by atoms with E-state index >= 15 is 0 Å². The summed E-state index contributed by atoms with van der Waals surface area (Å²) in [7, 11) is 3.65. The highest BCUT2D eigenvalue weighted by molar-refractivity contribution is 5.74. The topological polar surface area (TPSA) is 70.6 Å². The Morgan fingerprint density at radius 3 is 2.69 bits per heavy atom. The van der Waals surface area contributed by atoms with Gasteiger partial charge < -0.3 is 15.0 Å². The third kappa shape index (κ3) is 4.06. The Kier molecular flexibility index (Phi) is 6.38. The summed E-state index contributed by atoms with van der Waals surface area (Å²) in [6, 6.07) is 2.12. The number of ether oxygens (including phenoxy) is 1. The minimum absolute atomic E-state index is 0.0194. The van der Waals surface area contributed by atoms with Crippen molar-refractivity contribution < 1.29 is 9.53 Å². The molecule has 1 aromatic carbocycles. The Labute approximate surface area is 191 Å². The quantitative estimate of drug-likeness (QED) is 0.769. The van der Waals surface area contributed by atoms with Gasteiger partial charge in [-0.15, -0.1) is 0 Å². The van der Waals surface area contributed by atoms with Crippen molar-refractivity contribution in [3.05, 3.63) is 45.4 Å². The maximum absolute atomic E-state index is 12.1. The van der Waals surface area contributed by atoms with Crippen LogP contribution in [-0.2, 0) is 24.3 Å². The Hall–Kier alpha value is -2.67. The highest BCUT2D eigenvalue weighted by atomic mass is 16.5. The number of likely N-dealkylation sites (tertiary alicyclic amines) is 1. The van der Waals surface area contributed by atoms with Gasteiger partial charge in [0.25, 0.3) is 0 Å². The van der Waals surface area contributed by atoms with Crippen LogP contribution in [0.4, 0.5) is 5.82 Å². The van der Waals surface area contributed by atoms with Gasteiger partial charge >= 0.3 is 0 Å². The van der Waals surface area contributed by atoms with Gasteiger partial charge in [0.15, 0.2) is 5.82 Å². The highest BCUT2D eigenvalue weighted by Gasteiger charge is 2.32. The van der Waals surface area contributed by atoms with Crippen LogP contribution in [0.15, 0.2) is 6.07 Å². The van der Waals surface area contributed by atoms with Crippen LogP contribution in [-0.4, -0.2) is 52.9 Å². The molecule has 1 saturated heterocycles. The number of amides is 1. The predicted octanol–water partition coefficient (Wildman–Crippen LogP) is 3.69. The molecule has 0 aliphatic carbocycles. The maximum atomic E-state index is 12.1. The summed E-state index contributed by atoms with van der Waals surface area (Å²) < 4.78 is 5.55. The van der Waals surface area contributed by atoms with Crippen LogP contribution in [0.25, 0.3) is 0 Å². The molecule has 2 aliphatic rings. The predicted molar refractivity (Wildman–Crippen MR) is 126 cm³/mol. The molecule has 1 N–H and O–H groups in total. The Morgan fingerprint density at radius 2 is 2.00 bits per heavy atom. The Morgan fingerprint density at radius 1 is 1.22 bits per heavy atom. The normalized spacial score (nSPS) is 18.6. The zero-order valence-corrected chi connectivity index (χ0v) is 20.2. The molecule has 1 aromatic heterocycles. The van der Waals surface area contributed by atoms with Crippen molar-refractivity contribution in [2.45, 2.75) is 66.1 Å². The van der Waals surface area contributed by atoms with Crippen molar-refractivity contribution in [1.29, 1.82) is 0 Å². The first-order valence-corrected chi connectivity index (χ1v) is 11.5.